The van der Waals surface area contributed by atoms with Crippen LogP contribution >= 0.6 is 0 Å². The molecule has 1 N–H and O–H groups in total. The molecule has 0 aliphatic carbocycles. The highest BCUT2D eigenvalue weighted by atomic mass is 16.5. The van der Waals surface area contributed by atoms with E-state index < -0.39 is 0 Å². The topological polar surface area (TPSA) is 41.6 Å². The van der Waals surface area contributed by atoms with Crippen LogP contribution in [-0.2, 0) is 6.42 Å². The summed E-state index contributed by atoms with van der Waals surface area (Å²) in [6.45, 7) is 2.28. The fraction of sp³-hybridized carbons (Fsp3) is 0.500. The second-order valence-corrected chi connectivity index (χ2v) is 4.60. The largest absolute Gasteiger partial charge is 0.492 e. The number of likely N-dealkylation sites (N-methyl/N-ethyl adjacent to an activating group) is 1. The number of hydrogen-bond donors (Lipinski definition) is 1. The van der Waals surface area contributed by atoms with Gasteiger partial charge in [-0.15, -0.1) is 0 Å². The fourth-order valence-electron chi connectivity index (χ4n) is 2.16. The van der Waals surface area contributed by atoms with Crippen LogP contribution in [0.5, 0.6) is 5.75 Å². The number of carbonyl (C=O) groups is 1. The first-order valence-corrected chi connectivity index (χ1v) is 6.38. The minimum absolute atomic E-state index is 0.115. The van der Waals surface area contributed by atoms with Crippen molar-refractivity contribution in [2.45, 2.75) is 12.8 Å². The van der Waals surface area contributed by atoms with E-state index in [0.717, 1.165) is 42.8 Å². The van der Waals surface area contributed by atoms with Gasteiger partial charge in [-0.1, -0.05) is 0 Å². The highest BCUT2D eigenvalue weighted by Crippen LogP contribution is 2.23. The lowest BCUT2D eigenvalue weighted by molar-refractivity contribution is 0.0800. The van der Waals surface area contributed by atoms with Gasteiger partial charge < -0.3 is 15.0 Å². The molecular formula is C14H20N2O2. The zero-order chi connectivity index (χ0) is 13.0. The molecule has 4 nitrogen and oxygen atoms in total. The van der Waals surface area contributed by atoms with Crippen LogP contribution in [0.4, 0.5) is 0 Å². The SMILES string of the molecule is CNCCOc1ccc2c(c1)CCCN(C)C2=O. The number of aryl methyl sites for hydroxylation is 1. The van der Waals surface area contributed by atoms with E-state index in [9.17, 15) is 4.79 Å². The first-order chi connectivity index (χ1) is 8.72. The maximum Gasteiger partial charge on any atom is 0.253 e. The number of carbonyl (C=O) groups excluding carboxylic acids is 1. The van der Waals surface area contributed by atoms with Crippen molar-refractivity contribution in [2.24, 2.45) is 0 Å². The number of amides is 1. The fourth-order valence-corrected chi connectivity index (χ4v) is 2.16. The lowest BCUT2D eigenvalue weighted by atomic mass is 10.0. The van der Waals surface area contributed by atoms with E-state index in [0.29, 0.717) is 6.61 Å². The summed E-state index contributed by atoms with van der Waals surface area (Å²) in [4.78, 5) is 13.9. The maximum absolute atomic E-state index is 12.1. The third kappa shape index (κ3) is 2.82. The van der Waals surface area contributed by atoms with Crippen molar-refractivity contribution in [3.8, 4) is 5.75 Å². The third-order valence-electron chi connectivity index (χ3n) is 3.21. The van der Waals surface area contributed by atoms with E-state index in [2.05, 4.69) is 5.32 Å². The molecule has 98 valence electrons. The predicted octanol–water partition coefficient (Wildman–Crippen LogP) is 1.30. The second kappa shape index (κ2) is 5.87. The van der Waals surface area contributed by atoms with Crippen LogP contribution in [0.2, 0.25) is 0 Å². The zero-order valence-electron chi connectivity index (χ0n) is 11.0. The van der Waals surface area contributed by atoms with E-state index in [4.69, 9.17) is 4.74 Å². The van der Waals surface area contributed by atoms with Crippen LogP contribution in [0.25, 0.3) is 0 Å². The van der Waals surface area contributed by atoms with Gasteiger partial charge >= 0.3 is 0 Å². The van der Waals surface area contributed by atoms with Crippen molar-refractivity contribution in [2.75, 3.05) is 33.8 Å². The molecule has 0 aromatic heterocycles. The lowest BCUT2D eigenvalue weighted by Gasteiger charge is -2.14. The molecule has 0 spiro atoms. The highest BCUT2D eigenvalue weighted by Gasteiger charge is 2.19. The Morgan fingerprint density at radius 3 is 3.06 bits per heavy atom. The Hall–Kier alpha value is -1.55. The molecule has 1 aromatic rings. The normalized spacial score (nSPS) is 15.2. The van der Waals surface area contributed by atoms with Gasteiger partial charge in [0.2, 0.25) is 0 Å². The maximum atomic E-state index is 12.1. The number of ether oxygens (including phenoxy) is 1. The number of fused-ring (bicyclic) bond motifs is 1. The molecule has 1 aliphatic heterocycles. The van der Waals surface area contributed by atoms with E-state index in [1.54, 1.807) is 4.90 Å². The predicted molar refractivity (Wildman–Crippen MR) is 71.1 cm³/mol. The van der Waals surface area contributed by atoms with Gasteiger partial charge in [0.15, 0.2) is 0 Å². The molecule has 0 saturated carbocycles. The minimum Gasteiger partial charge on any atom is -0.492 e. The number of rotatable bonds is 4. The number of nitrogens with one attached hydrogen (secondary N) is 1. The van der Waals surface area contributed by atoms with Crippen molar-refractivity contribution in [1.29, 1.82) is 0 Å². The minimum atomic E-state index is 0.115. The molecule has 0 saturated heterocycles. The summed E-state index contributed by atoms with van der Waals surface area (Å²) in [5.74, 6) is 0.964. The molecule has 4 heteroatoms. The molecule has 18 heavy (non-hydrogen) atoms. The lowest BCUT2D eigenvalue weighted by Crippen LogP contribution is -2.26. The summed E-state index contributed by atoms with van der Waals surface area (Å²) in [5.41, 5.74) is 1.92. The van der Waals surface area contributed by atoms with Gasteiger partial charge in [-0.05, 0) is 43.7 Å². The Balaban J connectivity index is 2.16. The molecule has 0 bridgehead atoms. The molecule has 0 unspecified atom stereocenters. The van der Waals surface area contributed by atoms with Crippen molar-refractivity contribution in [3.63, 3.8) is 0 Å². The Labute approximate surface area is 108 Å². The van der Waals surface area contributed by atoms with Crippen LogP contribution < -0.4 is 10.1 Å². The molecule has 1 aliphatic rings. The third-order valence-corrected chi connectivity index (χ3v) is 3.21. The summed E-state index contributed by atoms with van der Waals surface area (Å²) in [7, 11) is 3.75. The molecule has 2 rings (SSSR count). The Morgan fingerprint density at radius 1 is 1.44 bits per heavy atom. The average Bonchev–Trinajstić information content (AvgIpc) is 2.51. The van der Waals surface area contributed by atoms with E-state index in [-0.39, 0.29) is 5.91 Å². The smallest absolute Gasteiger partial charge is 0.253 e. The van der Waals surface area contributed by atoms with Gasteiger partial charge in [0.25, 0.3) is 5.91 Å². The van der Waals surface area contributed by atoms with Crippen molar-refractivity contribution < 1.29 is 9.53 Å². The molecule has 0 atom stereocenters. The standard InChI is InChI=1S/C14H20N2O2/c1-15-7-9-18-12-5-6-13-11(10-12)4-3-8-16(2)14(13)17/h5-6,10,15H,3-4,7-9H2,1-2H3. The van der Waals surface area contributed by atoms with E-state index in [1.165, 1.54) is 0 Å². The number of benzene rings is 1. The van der Waals surface area contributed by atoms with Gasteiger partial charge in [0.05, 0.1) is 0 Å². The average molecular weight is 248 g/mol. The highest BCUT2D eigenvalue weighted by molar-refractivity contribution is 5.96. The first kappa shape index (κ1) is 12.9. The monoisotopic (exact) mass is 248 g/mol. The van der Waals surface area contributed by atoms with Crippen molar-refractivity contribution in [3.05, 3.63) is 29.3 Å². The van der Waals surface area contributed by atoms with Crippen molar-refractivity contribution >= 4 is 5.91 Å². The summed E-state index contributed by atoms with van der Waals surface area (Å²) >= 11 is 0. The van der Waals surface area contributed by atoms with Gasteiger partial charge in [0.1, 0.15) is 12.4 Å². The van der Waals surface area contributed by atoms with Crippen molar-refractivity contribution in [1.82, 2.24) is 10.2 Å². The second-order valence-electron chi connectivity index (χ2n) is 4.60. The molecule has 1 aromatic carbocycles. The summed E-state index contributed by atoms with van der Waals surface area (Å²) < 4.78 is 5.63. The molecule has 0 fully saturated rings. The first-order valence-electron chi connectivity index (χ1n) is 6.38. The molecule has 1 heterocycles. The number of nitrogens with zero attached hydrogens (tertiary/aromatic N) is 1. The van der Waals surface area contributed by atoms with E-state index in [1.807, 2.05) is 32.3 Å². The number of hydrogen-bond acceptors (Lipinski definition) is 3. The Morgan fingerprint density at radius 2 is 2.28 bits per heavy atom. The van der Waals surface area contributed by atoms with Gasteiger partial charge in [-0.3, -0.25) is 4.79 Å². The van der Waals surface area contributed by atoms with Gasteiger partial charge in [0, 0.05) is 25.7 Å². The summed E-state index contributed by atoms with van der Waals surface area (Å²) in [6.07, 6.45) is 1.95. The Bertz CT molecular complexity index is 432. The summed E-state index contributed by atoms with van der Waals surface area (Å²) in [6, 6.07) is 5.77. The molecule has 1 amide bonds. The van der Waals surface area contributed by atoms with Crippen LogP contribution in [0.3, 0.4) is 0 Å². The van der Waals surface area contributed by atoms with Crippen LogP contribution in [0.1, 0.15) is 22.3 Å². The van der Waals surface area contributed by atoms with Crippen LogP contribution in [-0.4, -0.2) is 44.6 Å². The van der Waals surface area contributed by atoms with Crippen LogP contribution in [0.15, 0.2) is 18.2 Å². The summed E-state index contributed by atoms with van der Waals surface area (Å²) in [5, 5.41) is 3.04. The quantitative estimate of drug-likeness (QED) is 0.817. The molecule has 0 radical (unpaired) electrons. The van der Waals surface area contributed by atoms with Gasteiger partial charge in [-0.25, -0.2) is 0 Å². The van der Waals surface area contributed by atoms with Gasteiger partial charge in [-0.2, -0.15) is 0 Å². The zero-order valence-corrected chi connectivity index (χ0v) is 11.0. The molecular weight excluding hydrogens is 228 g/mol. The van der Waals surface area contributed by atoms with Crippen LogP contribution in [0, 0.1) is 0 Å². The Kier molecular flexibility index (Phi) is 4.20. The van der Waals surface area contributed by atoms with E-state index >= 15 is 0 Å².